The van der Waals surface area contributed by atoms with Crippen molar-refractivity contribution >= 4 is 34.2 Å². The zero-order chi connectivity index (χ0) is 26.4. The highest BCUT2D eigenvalue weighted by Gasteiger charge is 2.44. The number of amides is 1. The van der Waals surface area contributed by atoms with Crippen molar-refractivity contribution in [1.29, 1.82) is 0 Å². The van der Waals surface area contributed by atoms with Crippen molar-refractivity contribution in [3.05, 3.63) is 86.5 Å². The molecule has 2 heterocycles. The van der Waals surface area contributed by atoms with Gasteiger partial charge in [0.2, 0.25) is 11.5 Å². The van der Waals surface area contributed by atoms with Crippen LogP contribution >= 0.6 is 11.6 Å². The number of ether oxygens (including phenoxy) is 4. The van der Waals surface area contributed by atoms with E-state index in [-0.39, 0.29) is 27.3 Å². The zero-order valence-corrected chi connectivity index (χ0v) is 21.0. The number of carbonyl (C=O) groups excluding carboxylic acids is 1. The molecule has 0 spiro atoms. The van der Waals surface area contributed by atoms with E-state index in [9.17, 15) is 14.0 Å². The highest BCUT2D eigenvalue weighted by molar-refractivity contribution is 6.32. The summed E-state index contributed by atoms with van der Waals surface area (Å²) in [5, 5.41) is 0.275. The number of anilines is 1. The first-order valence-corrected chi connectivity index (χ1v) is 11.4. The highest BCUT2D eigenvalue weighted by Crippen LogP contribution is 2.47. The minimum atomic E-state index is -0.982. The summed E-state index contributed by atoms with van der Waals surface area (Å²) in [7, 11) is 5.86. The van der Waals surface area contributed by atoms with E-state index < -0.39 is 23.2 Å². The van der Waals surface area contributed by atoms with E-state index >= 15 is 0 Å². The number of hydrogen-bond acceptors (Lipinski definition) is 7. The first kappa shape index (κ1) is 24.5. The molecular weight excluding hydrogens is 505 g/mol. The highest BCUT2D eigenvalue weighted by atomic mass is 35.5. The Kier molecular flexibility index (Phi) is 6.16. The van der Waals surface area contributed by atoms with Crippen LogP contribution in [0.2, 0.25) is 5.02 Å². The van der Waals surface area contributed by atoms with Crippen LogP contribution in [0.15, 0.2) is 57.7 Å². The topological polar surface area (TPSA) is 87.4 Å². The second-order valence-corrected chi connectivity index (χ2v) is 8.58. The number of hydrogen-bond donors (Lipinski definition) is 0. The molecule has 4 aromatic rings. The summed E-state index contributed by atoms with van der Waals surface area (Å²) in [6.07, 6.45) is 0. The van der Waals surface area contributed by atoms with Gasteiger partial charge in [-0.2, -0.15) is 0 Å². The Morgan fingerprint density at radius 2 is 1.54 bits per heavy atom. The van der Waals surface area contributed by atoms with Crippen LogP contribution in [0.4, 0.5) is 10.1 Å². The third kappa shape index (κ3) is 3.82. The van der Waals surface area contributed by atoms with E-state index in [1.54, 1.807) is 30.3 Å². The molecular formula is C27H21ClFNO7. The van der Waals surface area contributed by atoms with Crippen LogP contribution in [0.1, 0.15) is 27.7 Å². The standard InChI is InChI=1S/C27H21ClFNO7/c1-33-19-8-6-15(12-17(19)28)30-23(13-9-20(34-2)25(36-4)21(10-13)35-3)22-24(31)16-11-14(29)5-7-18(16)37-26(22)27(30)32/h5-12,23H,1-4H3. The van der Waals surface area contributed by atoms with E-state index in [2.05, 4.69) is 0 Å². The van der Waals surface area contributed by atoms with Gasteiger partial charge in [0.1, 0.15) is 17.1 Å². The molecule has 1 aromatic heterocycles. The lowest BCUT2D eigenvalue weighted by Crippen LogP contribution is -2.29. The molecule has 0 radical (unpaired) electrons. The Morgan fingerprint density at radius 3 is 2.14 bits per heavy atom. The van der Waals surface area contributed by atoms with Gasteiger partial charge in [0.25, 0.3) is 5.91 Å². The average Bonchev–Trinajstić information content (AvgIpc) is 3.20. The normalized spacial score (nSPS) is 14.6. The van der Waals surface area contributed by atoms with Crippen molar-refractivity contribution in [2.45, 2.75) is 6.04 Å². The van der Waals surface area contributed by atoms with Crippen LogP contribution < -0.4 is 29.3 Å². The van der Waals surface area contributed by atoms with Gasteiger partial charge in [-0.25, -0.2) is 4.39 Å². The molecule has 0 saturated heterocycles. The molecule has 10 heteroatoms. The van der Waals surface area contributed by atoms with Gasteiger partial charge < -0.3 is 23.4 Å². The molecule has 8 nitrogen and oxygen atoms in total. The van der Waals surface area contributed by atoms with Gasteiger partial charge >= 0.3 is 0 Å². The van der Waals surface area contributed by atoms with Crippen molar-refractivity contribution in [3.63, 3.8) is 0 Å². The molecule has 0 bridgehead atoms. The van der Waals surface area contributed by atoms with Gasteiger partial charge in [-0.15, -0.1) is 0 Å². The maximum absolute atomic E-state index is 14.1. The quantitative estimate of drug-likeness (QED) is 0.334. The van der Waals surface area contributed by atoms with Crippen LogP contribution in [-0.2, 0) is 0 Å². The molecule has 1 aliphatic heterocycles. The van der Waals surface area contributed by atoms with E-state index in [1.807, 2.05) is 0 Å². The third-order valence-corrected chi connectivity index (χ3v) is 6.54. The summed E-state index contributed by atoms with van der Waals surface area (Å²) in [4.78, 5) is 28.9. The van der Waals surface area contributed by atoms with Gasteiger partial charge in [-0.3, -0.25) is 14.5 Å². The van der Waals surface area contributed by atoms with Crippen LogP contribution in [-0.4, -0.2) is 34.3 Å². The number of nitrogens with zero attached hydrogens (tertiary/aromatic N) is 1. The van der Waals surface area contributed by atoms with Gasteiger partial charge in [-0.1, -0.05) is 11.6 Å². The van der Waals surface area contributed by atoms with Crippen molar-refractivity contribution < 1.29 is 32.5 Å². The molecule has 190 valence electrons. The molecule has 3 aromatic carbocycles. The van der Waals surface area contributed by atoms with Crippen molar-refractivity contribution in [2.75, 3.05) is 33.3 Å². The van der Waals surface area contributed by atoms with E-state index in [1.165, 1.54) is 39.4 Å². The second-order valence-electron chi connectivity index (χ2n) is 8.17. The van der Waals surface area contributed by atoms with Gasteiger partial charge in [-0.05, 0) is 54.1 Å². The molecule has 1 amide bonds. The molecule has 0 saturated carbocycles. The molecule has 1 unspecified atom stereocenters. The number of methoxy groups -OCH3 is 4. The van der Waals surface area contributed by atoms with Crippen molar-refractivity contribution in [3.8, 4) is 23.0 Å². The number of benzene rings is 3. The fourth-order valence-corrected chi connectivity index (χ4v) is 4.84. The Labute approximate surface area is 215 Å². The van der Waals surface area contributed by atoms with Crippen molar-refractivity contribution in [1.82, 2.24) is 0 Å². The molecule has 0 N–H and O–H groups in total. The molecule has 0 fully saturated rings. The predicted octanol–water partition coefficient (Wildman–Crippen LogP) is 5.37. The minimum absolute atomic E-state index is 0.0126. The fourth-order valence-electron chi connectivity index (χ4n) is 4.59. The molecule has 1 aliphatic rings. The second kappa shape index (κ2) is 9.33. The number of halogens is 2. The summed E-state index contributed by atoms with van der Waals surface area (Å²) in [5.41, 5.74) is 0.457. The van der Waals surface area contributed by atoms with E-state index in [0.29, 0.717) is 34.2 Å². The Balaban J connectivity index is 1.83. The summed E-state index contributed by atoms with van der Waals surface area (Å²) in [5.74, 6) is 0.0583. The summed E-state index contributed by atoms with van der Waals surface area (Å²) >= 11 is 6.38. The Morgan fingerprint density at radius 1 is 0.865 bits per heavy atom. The lowest BCUT2D eigenvalue weighted by molar-refractivity contribution is 0.0971. The third-order valence-electron chi connectivity index (χ3n) is 6.25. The lowest BCUT2D eigenvalue weighted by atomic mass is 9.97. The maximum atomic E-state index is 14.1. The van der Waals surface area contributed by atoms with Crippen LogP contribution in [0.3, 0.4) is 0 Å². The molecule has 37 heavy (non-hydrogen) atoms. The van der Waals surface area contributed by atoms with Crippen LogP contribution in [0, 0.1) is 5.82 Å². The SMILES string of the molecule is COc1ccc(N2C(=O)c3oc4ccc(F)cc4c(=O)c3C2c2cc(OC)c(OC)c(OC)c2)cc1Cl. The largest absolute Gasteiger partial charge is 0.495 e. The number of fused-ring (bicyclic) bond motifs is 2. The maximum Gasteiger partial charge on any atom is 0.295 e. The fraction of sp³-hybridized carbons (Fsp3) is 0.185. The number of rotatable bonds is 6. The first-order chi connectivity index (χ1) is 17.8. The molecule has 1 atom stereocenters. The number of carbonyl (C=O) groups is 1. The van der Waals surface area contributed by atoms with E-state index in [4.69, 9.17) is 35.0 Å². The van der Waals surface area contributed by atoms with Crippen LogP contribution in [0.5, 0.6) is 23.0 Å². The average molecular weight is 526 g/mol. The first-order valence-electron chi connectivity index (χ1n) is 11.1. The Bertz CT molecular complexity index is 1590. The smallest absolute Gasteiger partial charge is 0.295 e. The monoisotopic (exact) mass is 525 g/mol. The summed E-state index contributed by atoms with van der Waals surface area (Å²) in [6.45, 7) is 0. The van der Waals surface area contributed by atoms with E-state index in [0.717, 1.165) is 12.1 Å². The van der Waals surface area contributed by atoms with Gasteiger partial charge in [0.15, 0.2) is 16.9 Å². The van der Waals surface area contributed by atoms with Gasteiger partial charge in [0.05, 0.1) is 50.5 Å². The predicted molar refractivity (Wildman–Crippen MR) is 135 cm³/mol. The lowest BCUT2D eigenvalue weighted by Gasteiger charge is -2.26. The van der Waals surface area contributed by atoms with Crippen LogP contribution in [0.25, 0.3) is 11.0 Å². The van der Waals surface area contributed by atoms with Gasteiger partial charge in [0, 0.05) is 5.69 Å². The Hall–Kier alpha value is -4.24. The summed E-state index contributed by atoms with van der Waals surface area (Å²) in [6, 6.07) is 10.7. The minimum Gasteiger partial charge on any atom is -0.495 e. The molecule has 0 aliphatic carbocycles. The van der Waals surface area contributed by atoms with Crippen molar-refractivity contribution in [2.24, 2.45) is 0 Å². The zero-order valence-electron chi connectivity index (χ0n) is 20.3. The summed E-state index contributed by atoms with van der Waals surface area (Å²) < 4.78 is 41.6. The molecule has 5 rings (SSSR count).